The van der Waals surface area contributed by atoms with Crippen LogP contribution in [0.1, 0.15) is 111 Å². The van der Waals surface area contributed by atoms with Crippen LogP contribution in [0.3, 0.4) is 0 Å². The maximum Gasteiger partial charge on any atom is -0.0328 e. The van der Waals surface area contributed by atoms with Crippen molar-refractivity contribution >= 4 is 0 Å². The molecule has 0 spiro atoms. The van der Waals surface area contributed by atoms with Crippen molar-refractivity contribution in [1.29, 1.82) is 0 Å². The quantitative estimate of drug-likeness (QED) is 0.307. The van der Waals surface area contributed by atoms with Crippen molar-refractivity contribution < 1.29 is 0 Å². The molecule has 0 aliphatic heterocycles. The van der Waals surface area contributed by atoms with Crippen molar-refractivity contribution in [2.45, 2.75) is 111 Å². The van der Waals surface area contributed by atoms with Gasteiger partial charge in [0.2, 0.25) is 0 Å². The molecule has 0 aromatic carbocycles. The Hall–Kier alpha value is 0. The second kappa shape index (κ2) is 12.1. The predicted molar refractivity (Wildman–Crippen MR) is 85.2 cm³/mol. The van der Waals surface area contributed by atoms with Gasteiger partial charge in [0.1, 0.15) is 0 Å². The van der Waals surface area contributed by atoms with Crippen LogP contribution in [-0.2, 0) is 0 Å². The lowest BCUT2D eigenvalue weighted by Gasteiger charge is -2.28. The van der Waals surface area contributed by atoms with E-state index >= 15 is 0 Å². The normalized spacial score (nSPS) is 14.7. The third-order valence-electron chi connectivity index (χ3n) is 4.62. The maximum atomic E-state index is 2.51. The Morgan fingerprint density at radius 1 is 0.556 bits per heavy atom. The monoisotopic (exact) mass is 254 g/mol. The molecule has 0 fully saturated rings. The highest BCUT2D eigenvalue weighted by Crippen LogP contribution is 2.34. The van der Waals surface area contributed by atoms with Crippen molar-refractivity contribution in [3.05, 3.63) is 0 Å². The molecule has 0 aliphatic rings. The van der Waals surface area contributed by atoms with E-state index in [1.165, 1.54) is 83.5 Å². The summed E-state index contributed by atoms with van der Waals surface area (Å²) in [6.45, 7) is 9.50. The van der Waals surface area contributed by atoms with Crippen molar-refractivity contribution in [1.82, 2.24) is 0 Å². The third-order valence-corrected chi connectivity index (χ3v) is 4.62. The fraction of sp³-hybridized carbons (Fsp3) is 1.00. The Bertz CT molecular complexity index is 161. The Kier molecular flexibility index (Phi) is 12.1. The first-order valence-corrected chi connectivity index (χ1v) is 8.68. The predicted octanol–water partition coefficient (Wildman–Crippen LogP) is 7.12. The first-order valence-electron chi connectivity index (χ1n) is 8.68. The summed E-state index contributed by atoms with van der Waals surface area (Å²) in [7, 11) is 0. The lowest BCUT2D eigenvalue weighted by atomic mass is 9.78. The molecule has 0 aromatic rings. The molecule has 1 unspecified atom stereocenters. The summed E-state index contributed by atoms with van der Waals surface area (Å²) in [6, 6.07) is 0. The van der Waals surface area contributed by atoms with E-state index in [1.807, 2.05) is 0 Å². The second-order valence-corrected chi connectivity index (χ2v) is 6.49. The van der Waals surface area contributed by atoms with Crippen LogP contribution < -0.4 is 0 Å². The molecule has 1 atom stereocenters. The Morgan fingerprint density at radius 2 is 0.944 bits per heavy atom. The van der Waals surface area contributed by atoms with Crippen LogP contribution in [0.2, 0.25) is 0 Å². The SMILES string of the molecule is CCCCCCCCCC(C)(CC)CCCCC. The van der Waals surface area contributed by atoms with Gasteiger partial charge in [0.15, 0.2) is 0 Å². The molecule has 18 heavy (non-hydrogen) atoms. The highest BCUT2D eigenvalue weighted by atomic mass is 14.3. The summed E-state index contributed by atoms with van der Waals surface area (Å²) in [5.74, 6) is 0. The van der Waals surface area contributed by atoms with Gasteiger partial charge in [0, 0.05) is 0 Å². The van der Waals surface area contributed by atoms with Gasteiger partial charge in [0.25, 0.3) is 0 Å². The molecule has 0 radical (unpaired) electrons. The average molecular weight is 255 g/mol. The minimum Gasteiger partial charge on any atom is -0.0654 e. The molecule has 0 saturated carbocycles. The average Bonchev–Trinajstić information content (AvgIpc) is 2.38. The van der Waals surface area contributed by atoms with E-state index in [4.69, 9.17) is 0 Å². The van der Waals surface area contributed by atoms with Crippen molar-refractivity contribution in [3.63, 3.8) is 0 Å². The molecule has 0 aromatic heterocycles. The number of hydrogen-bond donors (Lipinski definition) is 0. The molecule has 0 saturated heterocycles. The Morgan fingerprint density at radius 3 is 1.44 bits per heavy atom. The zero-order valence-corrected chi connectivity index (χ0v) is 13.7. The Labute approximate surface area is 117 Å². The van der Waals surface area contributed by atoms with E-state index in [9.17, 15) is 0 Å². The van der Waals surface area contributed by atoms with Gasteiger partial charge in [-0.15, -0.1) is 0 Å². The number of rotatable bonds is 13. The van der Waals surface area contributed by atoms with E-state index in [0.29, 0.717) is 5.41 Å². The highest BCUT2D eigenvalue weighted by molar-refractivity contribution is 4.72. The minimum atomic E-state index is 0.637. The van der Waals surface area contributed by atoms with Gasteiger partial charge < -0.3 is 0 Å². The Balaban J connectivity index is 3.53. The van der Waals surface area contributed by atoms with Gasteiger partial charge in [-0.1, -0.05) is 98.3 Å². The van der Waals surface area contributed by atoms with Gasteiger partial charge in [-0.25, -0.2) is 0 Å². The molecule has 0 N–H and O–H groups in total. The van der Waals surface area contributed by atoms with Crippen LogP contribution in [-0.4, -0.2) is 0 Å². The van der Waals surface area contributed by atoms with Gasteiger partial charge in [-0.05, 0) is 18.3 Å². The number of unbranched alkanes of at least 4 members (excludes halogenated alkanes) is 8. The van der Waals surface area contributed by atoms with Crippen LogP contribution in [0.4, 0.5) is 0 Å². The molecule has 0 nitrogen and oxygen atoms in total. The van der Waals surface area contributed by atoms with Crippen LogP contribution >= 0.6 is 0 Å². The summed E-state index contributed by atoms with van der Waals surface area (Å²) in [4.78, 5) is 0. The molecule has 110 valence electrons. The standard InChI is InChI=1S/C18H38/c1-5-8-10-11-12-13-15-17-18(4,7-3)16-14-9-6-2/h5-17H2,1-4H3. The summed E-state index contributed by atoms with van der Waals surface area (Å²) in [6.07, 6.45) is 18.6. The first-order chi connectivity index (χ1) is 8.68. The highest BCUT2D eigenvalue weighted by Gasteiger charge is 2.20. The minimum absolute atomic E-state index is 0.637. The molecular formula is C18H38. The molecule has 0 bridgehead atoms. The topological polar surface area (TPSA) is 0 Å². The fourth-order valence-electron chi connectivity index (χ4n) is 2.79. The summed E-state index contributed by atoms with van der Waals surface area (Å²) in [5.41, 5.74) is 0.637. The summed E-state index contributed by atoms with van der Waals surface area (Å²) >= 11 is 0. The largest absolute Gasteiger partial charge is 0.0654 e. The van der Waals surface area contributed by atoms with Crippen LogP contribution in [0, 0.1) is 5.41 Å². The van der Waals surface area contributed by atoms with E-state index in [2.05, 4.69) is 27.7 Å². The molecule has 0 heterocycles. The van der Waals surface area contributed by atoms with Crippen LogP contribution in [0.15, 0.2) is 0 Å². The molecule has 0 rings (SSSR count). The first kappa shape index (κ1) is 18.0. The third kappa shape index (κ3) is 9.97. The van der Waals surface area contributed by atoms with Gasteiger partial charge >= 0.3 is 0 Å². The molecule has 0 heteroatoms. The van der Waals surface area contributed by atoms with Crippen molar-refractivity contribution in [2.24, 2.45) is 5.41 Å². The number of hydrogen-bond acceptors (Lipinski definition) is 0. The molecule has 0 aliphatic carbocycles. The second-order valence-electron chi connectivity index (χ2n) is 6.49. The van der Waals surface area contributed by atoms with Crippen molar-refractivity contribution in [3.8, 4) is 0 Å². The van der Waals surface area contributed by atoms with Crippen molar-refractivity contribution in [2.75, 3.05) is 0 Å². The summed E-state index contributed by atoms with van der Waals surface area (Å²) in [5, 5.41) is 0. The van der Waals surface area contributed by atoms with Gasteiger partial charge in [-0.3, -0.25) is 0 Å². The smallest absolute Gasteiger partial charge is 0.0328 e. The van der Waals surface area contributed by atoms with E-state index < -0.39 is 0 Å². The molecular weight excluding hydrogens is 216 g/mol. The zero-order chi connectivity index (χ0) is 13.7. The lowest BCUT2D eigenvalue weighted by Crippen LogP contribution is -2.15. The zero-order valence-electron chi connectivity index (χ0n) is 13.7. The molecule has 0 amide bonds. The van der Waals surface area contributed by atoms with Gasteiger partial charge in [0.05, 0.1) is 0 Å². The van der Waals surface area contributed by atoms with E-state index in [1.54, 1.807) is 0 Å². The van der Waals surface area contributed by atoms with Crippen LogP contribution in [0.5, 0.6) is 0 Å². The van der Waals surface area contributed by atoms with Crippen LogP contribution in [0.25, 0.3) is 0 Å². The summed E-state index contributed by atoms with van der Waals surface area (Å²) < 4.78 is 0. The van der Waals surface area contributed by atoms with E-state index in [-0.39, 0.29) is 0 Å². The lowest BCUT2D eigenvalue weighted by molar-refractivity contribution is 0.241. The van der Waals surface area contributed by atoms with E-state index in [0.717, 1.165) is 0 Å². The maximum absolute atomic E-state index is 2.51. The fourth-order valence-corrected chi connectivity index (χ4v) is 2.79. The van der Waals surface area contributed by atoms with Gasteiger partial charge in [-0.2, -0.15) is 0 Å².